The molecule has 1 fully saturated rings. The number of hydrogen-bond donors (Lipinski definition) is 1. The minimum Gasteiger partial charge on any atom is -0.370 e. The van der Waals surface area contributed by atoms with Gasteiger partial charge >= 0.3 is 0 Å². The molecule has 1 aliphatic heterocycles. The Labute approximate surface area is 163 Å². The van der Waals surface area contributed by atoms with E-state index in [1.165, 1.54) is 25.5 Å². The van der Waals surface area contributed by atoms with E-state index >= 15 is 0 Å². The molecule has 0 radical (unpaired) electrons. The van der Waals surface area contributed by atoms with E-state index in [9.17, 15) is 9.59 Å². The van der Waals surface area contributed by atoms with Crippen LogP contribution in [0.4, 0.5) is 11.4 Å². The first kappa shape index (κ1) is 18.2. The highest BCUT2D eigenvalue weighted by Crippen LogP contribution is 2.28. The van der Waals surface area contributed by atoms with Crippen molar-refractivity contribution < 1.29 is 4.79 Å². The fourth-order valence-electron chi connectivity index (χ4n) is 3.75. The van der Waals surface area contributed by atoms with Crippen LogP contribution in [0.3, 0.4) is 0 Å². The Hall–Kier alpha value is -3.15. The summed E-state index contributed by atoms with van der Waals surface area (Å²) in [4.78, 5) is 26.9. The number of piperidine rings is 1. The van der Waals surface area contributed by atoms with E-state index in [4.69, 9.17) is 0 Å². The second kappa shape index (κ2) is 8.25. The first-order valence-corrected chi connectivity index (χ1v) is 9.81. The average Bonchev–Trinajstić information content (AvgIpc) is 2.74. The van der Waals surface area contributed by atoms with Crippen LogP contribution in [0.1, 0.15) is 25.7 Å². The van der Waals surface area contributed by atoms with Crippen molar-refractivity contribution in [2.45, 2.75) is 32.2 Å². The maximum absolute atomic E-state index is 12.6. The Morgan fingerprint density at radius 2 is 1.75 bits per heavy atom. The number of rotatable bonds is 5. The first-order valence-electron chi connectivity index (χ1n) is 9.81. The summed E-state index contributed by atoms with van der Waals surface area (Å²) in [6.45, 7) is 2.47. The lowest BCUT2D eigenvalue weighted by Crippen LogP contribution is -2.30. The summed E-state index contributed by atoms with van der Waals surface area (Å²) in [5.74, 6) is -0.0611. The van der Waals surface area contributed by atoms with Gasteiger partial charge in [-0.05, 0) is 43.5 Å². The fourth-order valence-corrected chi connectivity index (χ4v) is 3.75. The van der Waals surface area contributed by atoms with E-state index in [-0.39, 0.29) is 17.8 Å². The lowest BCUT2D eigenvalue weighted by Gasteiger charge is -2.30. The molecule has 6 heteroatoms. The van der Waals surface area contributed by atoms with Crippen molar-refractivity contribution in [3.8, 4) is 0 Å². The number of hydrogen-bond acceptors (Lipinski definition) is 4. The molecule has 1 saturated heterocycles. The molecule has 1 amide bonds. The van der Waals surface area contributed by atoms with Gasteiger partial charge in [0, 0.05) is 24.9 Å². The van der Waals surface area contributed by atoms with Crippen molar-refractivity contribution in [3.63, 3.8) is 0 Å². The van der Waals surface area contributed by atoms with E-state index < -0.39 is 0 Å². The van der Waals surface area contributed by atoms with E-state index in [0.717, 1.165) is 30.0 Å². The Bertz CT molecular complexity index is 1040. The van der Waals surface area contributed by atoms with Gasteiger partial charge in [-0.1, -0.05) is 24.3 Å². The molecule has 0 aliphatic carbocycles. The summed E-state index contributed by atoms with van der Waals surface area (Å²) in [7, 11) is 0. The monoisotopic (exact) mass is 376 g/mol. The van der Waals surface area contributed by atoms with Crippen LogP contribution in [0.5, 0.6) is 0 Å². The summed E-state index contributed by atoms with van der Waals surface area (Å²) < 4.78 is 1.72. The van der Waals surface area contributed by atoms with Crippen molar-refractivity contribution in [2.24, 2.45) is 0 Å². The molecule has 0 bridgehead atoms. The van der Waals surface area contributed by atoms with Gasteiger partial charge in [-0.2, -0.15) is 5.10 Å². The zero-order valence-electron chi connectivity index (χ0n) is 15.8. The lowest BCUT2D eigenvalue weighted by atomic mass is 10.1. The predicted octanol–water partition coefficient (Wildman–Crippen LogP) is 3.42. The predicted molar refractivity (Wildman–Crippen MR) is 112 cm³/mol. The highest BCUT2D eigenvalue weighted by atomic mass is 16.1. The van der Waals surface area contributed by atoms with Crippen LogP contribution in [-0.2, 0) is 11.3 Å². The molecular formula is C22H24N4O2. The number of nitrogens with zero attached hydrogens (tertiary/aromatic N) is 3. The van der Waals surface area contributed by atoms with Crippen molar-refractivity contribution >= 4 is 28.2 Å². The van der Waals surface area contributed by atoms with Gasteiger partial charge in [0.15, 0.2) is 0 Å². The van der Waals surface area contributed by atoms with Gasteiger partial charge in [0.25, 0.3) is 0 Å². The number of anilines is 2. The second-order valence-electron chi connectivity index (χ2n) is 7.11. The van der Waals surface area contributed by atoms with Crippen LogP contribution >= 0.6 is 0 Å². The fraction of sp³-hybridized carbons (Fsp3) is 0.318. The van der Waals surface area contributed by atoms with Crippen LogP contribution in [-0.4, -0.2) is 28.8 Å². The molecule has 3 aromatic rings. The minimum absolute atomic E-state index is 0.0611. The van der Waals surface area contributed by atoms with Crippen LogP contribution in [0.15, 0.2) is 59.5 Å². The highest BCUT2D eigenvalue weighted by Gasteiger charge is 2.15. The number of benzene rings is 2. The molecule has 1 N–H and O–H groups in total. The highest BCUT2D eigenvalue weighted by molar-refractivity contribution is 5.94. The lowest BCUT2D eigenvalue weighted by molar-refractivity contribution is -0.116. The molecule has 2 aromatic carbocycles. The number of aryl methyl sites for hydroxylation is 1. The smallest absolute Gasteiger partial charge is 0.226 e. The largest absolute Gasteiger partial charge is 0.370 e. The number of para-hydroxylation sites is 3. The molecule has 1 aromatic heterocycles. The maximum atomic E-state index is 12.6. The Morgan fingerprint density at radius 3 is 2.61 bits per heavy atom. The van der Waals surface area contributed by atoms with Crippen molar-refractivity contribution in [1.29, 1.82) is 0 Å². The molecule has 0 saturated carbocycles. The van der Waals surface area contributed by atoms with Crippen LogP contribution < -0.4 is 15.6 Å². The molecule has 144 valence electrons. The summed E-state index contributed by atoms with van der Waals surface area (Å²) in [5.41, 5.74) is 2.58. The standard InChI is InChI=1S/C22H24N4O2/c27-21-16-23-26(19-10-4-2-8-17(19)21)15-12-22(28)24-18-9-3-5-11-20(18)25-13-6-1-7-14-25/h2-5,8-11,16H,1,6-7,12-15H2,(H,24,28). The first-order chi connectivity index (χ1) is 13.7. The van der Waals surface area contributed by atoms with Gasteiger partial charge in [0.2, 0.25) is 11.3 Å². The summed E-state index contributed by atoms with van der Waals surface area (Å²) in [6.07, 6.45) is 5.24. The second-order valence-corrected chi connectivity index (χ2v) is 7.11. The molecule has 0 atom stereocenters. The zero-order valence-corrected chi connectivity index (χ0v) is 15.8. The maximum Gasteiger partial charge on any atom is 0.226 e. The number of carbonyl (C=O) groups excluding carboxylic acids is 1. The normalized spacial score (nSPS) is 14.2. The number of fused-ring (bicyclic) bond motifs is 1. The molecule has 4 rings (SSSR count). The third-order valence-electron chi connectivity index (χ3n) is 5.19. The topological polar surface area (TPSA) is 67.2 Å². The van der Waals surface area contributed by atoms with E-state index in [0.29, 0.717) is 11.9 Å². The van der Waals surface area contributed by atoms with Gasteiger partial charge in [-0.3, -0.25) is 14.3 Å². The quantitative estimate of drug-likeness (QED) is 0.741. The molecule has 0 spiro atoms. The van der Waals surface area contributed by atoms with E-state index in [1.54, 1.807) is 10.7 Å². The number of amides is 1. The summed E-state index contributed by atoms with van der Waals surface area (Å²) in [5, 5.41) is 7.87. The number of aromatic nitrogens is 2. The van der Waals surface area contributed by atoms with Crippen LogP contribution in [0.25, 0.3) is 10.9 Å². The Balaban J connectivity index is 1.46. The molecule has 1 aliphatic rings. The molecular weight excluding hydrogens is 352 g/mol. The molecule has 28 heavy (non-hydrogen) atoms. The Morgan fingerprint density at radius 1 is 1.00 bits per heavy atom. The Kier molecular flexibility index (Phi) is 5.37. The van der Waals surface area contributed by atoms with Gasteiger partial charge in [-0.15, -0.1) is 0 Å². The summed E-state index contributed by atoms with van der Waals surface area (Å²) in [6, 6.07) is 15.3. The van der Waals surface area contributed by atoms with Crippen LogP contribution in [0.2, 0.25) is 0 Å². The average molecular weight is 376 g/mol. The number of carbonyl (C=O) groups is 1. The molecule has 6 nitrogen and oxygen atoms in total. The van der Waals surface area contributed by atoms with Crippen molar-refractivity contribution in [1.82, 2.24) is 9.78 Å². The third-order valence-corrected chi connectivity index (χ3v) is 5.19. The molecule has 0 unspecified atom stereocenters. The van der Waals surface area contributed by atoms with Gasteiger partial charge < -0.3 is 10.2 Å². The number of nitrogens with one attached hydrogen (secondary N) is 1. The van der Waals surface area contributed by atoms with Gasteiger partial charge in [0.05, 0.1) is 29.6 Å². The van der Waals surface area contributed by atoms with Crippen LogP contribution in [0, 0.1) is 0 Å². The SMILES string of the molecule is O=C(CCn1ncc(=O)c2ccccc21)Nc1ccccc1N1CCCCC1. The van der Waals surface area contributed by atoms with Gasteiger partial charge in [-0.25, -0.2) is 0 Å². The summed E-state index contributed by atoms with van der Waals surface area (Å²) >= 11 is 0. The van der Waals surface area contributed by atoms with E-state index in [2.05, 4.69) is 21.4 Å². The zero-order chi connectivity index (χ0) is 19.3. The minimum atomic E-state index is -0.105. The van der Waals surface area contributed by atoms with E-state index in [1.807, 2.05) is 36.4 Å². The van der Waals surface area contributed by atoms with Crippen molar-refractivity contribution in [2.75, 3.05) is 23.3 Å². The van der Waals surface area contributed by atoms with Crippen molar-refractivity contribution in [3.05, 3.63) is 65.0 Å². The molecule has 2 heterocycles. The third kappa shape index (κ3) is 3.91. The van der Waals surface area contributed by atoms with Gasteiger partial charge in [0.1, 0.15) is 0 Å².